The Labute approximate surface area is 119 Å². The lowest BCUT2D eigenvalue weighted by molar-refractivity contribution is -0.119. The van der Waals surface area contributed by atoms with Gasteiger partial charge in [0.05, 0.1) is 6.10 Å². The van der Waals surface area contributed by atoms with Crippen LogP contribution in [0.1, 0.15) is 33.6 Å². The number of hydrogen-bond donors (Lipinski definition) is 3. The molecule has 2 amide bonds. The van der Waals surface area contributed by atoms with E-state index in [1.54, 1.807) is 31.2 Å². The van der Waals surface area contributed by atoms with E-state index in [2.05, 4.69) is 10.6 Å². The highest BCUT2D eigenvalue weighted by Gasteiger charge is 2.08. The second kappa shape index (κ2) is 7.65. The van der Waals surface area contributed by atoms with Crippen LogP contribution in [0.4, 0.5) is 11.4 Å². The number of benzene rings is 1. The zero-order valence-electron chi connectivity index (χ0n) is 12.1. The van der Waals surface area contributed by atoms with Crippen LogP contribution in [0.3, 0.4) is 0 Å². The van der Waals surface area contributed by atoms with Gasteiger partial charge in [0.1, 0.15) is 0 Å². The predicted molar refractivity (Wildman–Crippen MR) is 79.5 cm³/mol. The Hall–Kier alpha value is -1.88. The van der Waals surface area contributed by atoms with E-state index in [4.69, 9.17) is 5.11 Å². The second-order valence-electron chi connectivity index (χ2n) is 5.16. The minimum absolute atomic E-state index is 0.0429. The molecule has 0 aromatic heterocycles. The average molecular weight is 278 g/mol. The smallest absolute Gasteiger partial charge is 0.226 e. The van der Waals surface area contributed by atoms with Crippen molar-refractivity contribution in [3.8, 4) is 0 Å². The molecule has 0 saturated heterocycles. The van der Waals surface area contributed by atoms with Gasteiger partial charge >= 0.3 is 0 Å². The summed E-state index contributed by atoms with van der Waals surface area (Å²) < 4.78 is 0. The van der Waals surface area contributed by atoms with Crippen molar-refractivity contribution in [1.82, 2.24) is 0 Å². The number of aliphatic hydroxyl groups is 1. The fourth-order valence-corrected chi connectivity index (χ4v) is 1.49. The van der Waals surface area contributed by atoms with Gasteiger partial charge in [-0.25, -0.2) is 0 Å². The maximum absolute atomic E-state index is 11.6. The molecule has 0 aliphatic carbocycles. The van der Waals surface area contributed by atoms with Crippen LogP contribution < -0.4 is 10.6 Å². The van der Waals surface area contributed by atoms with Crippen molar-refractivity contribution in [1.29, 1.82) is 0 Å². The molecule has 5 heteroatoms. The van der Waals surface area contributed by atoms with Crippen molar-refractivity contribution in [3.05, 3.63) is 24.3 Å². The molecule has 1 aromatic rings. The molecule has 0 heterocycles. The number of hydrogen-bond acceptors (Lipinski definition) is 3. The van der Waals surface area contributed by atoms with Crippen molar-refractivity contribution in [3.63, 3.8) is 0 Å². The summed E-state index contributed by atoms with van der Waals surface area (Å²) in [6.07, 6.45) is 0.243. The van der Waals surface area contributed by atoms with Crippen molar-refractivity contribution < 1.29 is 14.7 Å². The molecule has 0 spiro atoms. The van der Waals surface area contributed by atoms with Crippen LogP contribution in [0, 0.1) is 5.92 Å². The van der Waals surface area contributed by atoms with Crippen molar-refractivity contribution in [2.75, 3.05) is 10.6 Å². The van der Waals surface area contributed by atoms with Gasteiger partial charge in [-0.05, 0) is 37.6 Å². The predicted octanol–water partition coefficient (Wildman–Crippen LogP) is 2.38. The molecule has 1 atom stereocenters. The van der Waals surface area contributed by atoms with Crippen LogP contribution in [0.2, 0.25) is 0 Å². The third-order valence-electron chi connectivity index (χ3n) is 2.75. The summed E-state index contributed by atoms with van der Waals surface area (Å²) in [6, 6.07) is 6.95. The lowest BCUT2D eigenvalue weighted by Crippen LogP contribution is -2.17. The van der Waals surface area contributed by atoms with Gasteiger partial charge in [0.25, 0.3) is 0 Å². The zero-order valence-corrected chi connectivity index (χ0v) is 12.1. The second-order valence-corrected chi connectivity index (χ2v) is 5.16. The van der Waals surface area contributed by atoms with Gasteiger partial charge in [-0.2, -0.15) is 0 Å². The topological polar surface area (TPSA) is 78.4 Å². The summed E-state index contributed by atoms with van der Waals surface area (Å²) in [4.78, 5) is 23.1. The van der Waals surface area contributed by atoms with Gasteiger partial charge in [0, 0.05) is 23.7 Å². The molecule has 20 heavy (non-hydrogen) atoms. The van der Waals surface area contributed by atoms with E-state index in [1.807, 2.05) is 13.8 Å². The first-order valence-electron chi connectivity index (χ1n) is 6.77. The maximum Gasteiger partial charge on any atom is 0.226 e. The molecular weight excluding hydrogens is 256 g/mol. The monoisotopic (exact) mass is 278 g/mol. The average Bonchev–Trinajstić information content (AvgIpc) is 2.38. The summed E-state index contributed by atoms with van der Waals surface area (Å²) in [5.74, 6) is -0.251. The molecule has 3 N–H and O–H groups in total. The van der Waals surface area contributed by atoms with E-state index in [0.717, 1.165) is 0 Å². The summed E-state index contributed by atoms with van der Waals surface area (Å²) in [5.41, 5.74) is 1.37. The summed E-state index contributed by atoms with van der Waals surface area (Å²) in [5, 5.41) is 14.6. The number of rotatable bonds is 6. The van der Waals surface area contributed by atoms with Gasteiger partial charge in [-0.3, -0.25) is 9.59 Å². The Morgan fingerprint density at radius 3 is 2.00 bits per heavy atom. The molecule has 0 fully saturated rings. The number of anilines is 2. The van der Waals surface area contributed by atoms with Gasteiger partial charge in [-0.15, -0.1) is 0 Å². The first kappa shape index (κ1) is 16.2. The molecule has 0 bridgehead atoms. The number of aliphatic hydroxyl groups excluding tert-OH is 1. The van der Waals surface area contributed by atoms with Gasteiger partial charge in [-0.1, -0.05) is 13.8 Å². The first-order chi connectivity index (χ1) is 9.38. The quantitative estimate of drug-likeness (QED) is 0.747. The van der Waals surface area contributed by atoms with Crippen molar-refractivity contribution >= 4 is 23.2 Å². The molecule has 110 valence electrons. The Kier molecular flexibility index (Phi) is 6.18. The maximum atomic E-state index is 11.6. The molecule has 5 nitrogen and oxygen atoms in total. The number of carbonyl (C=O) groups excluding carboxylic acids is 2. The van der Waals surface area contributed by atoms with E-state index in [0.29, 0.717) is 17.8 Å². The van der Waals surface area contributed by atoms with Gasteiger partial charge < -0.3 is 15.7 Å². The van der Waals surface area contributed by atoms with E-state index >= 15 is 0 Å². The number of carbonyl (C=O) groups is 2. The lowest BCUT2D eigenvalue weighted by atomic mass is 10.2. The highest BCUT2D eigenvalue weighted by Crippen LogP contribution is 2.15. The minimum atomic E-state index is -0.477. The van der Waals surface area contributed by atoms with Crippen molar-refractivity contribution in [2.24, 2.45) is 5.92 Å². The van der Waals surface area contributed by atoms with Crippen LogP contribution in [-0.4, -0.2) is 23.0 Å². The molecule has 0 saturated carbocycles. The first-order valence-corrected chi connectivity index (χ1v) is 6.77. The lowest BCUT2D eigenvalue weighted by Gasteiger charge is -2.09. The summed E-state index contributed by atoms with van der Waals surface area (Å²) in [7, 11) is 0. The van der Waals surface area contributed by atoms with Crippen LogP contribution in [0.15, 0.2) is 24.3 Å². The van der Waals surface area contributed by atoms with E-state index in [-0.39, 0.29) is 24.2 Å². The molecule has 0 aliphatic heterocycles. The molecule has 1 rings (SSSR count). The third-order valence-corrected chi connectivity index (χ3v) is 2.75. The van der Waals surface area contributed by atoms with E-state index < -0.39 is 6.10 Å². The standard InChI is InChI=1S/C15H22N2O3/c1-10(2)15(20)17-13-7-5-12(6-8-13)16-14(19)9-4-11(3)18/h5-8,10-11,18H,4,9H2,1-3H3,(H,16,19)(H,17,20). The van der Waals surface area contributed by atoms with Crippen LogP contribution in [-0.2, 0) is 9.59 Å². The fourth-order valence-electron chi connectivity index (χ4n) is 1.49. The Morgan fingerprint density at radius 1 is 1.05 bits per heavy atom. The SMILES string of the molecule is CC(O)CCC(=O)Nc1ccc(NC(=O)C(C)C)cc1. The Balaban J connectivity index is 2.50. The summed E-state index contributed by atoms with van der Waals surface area (Å²) >= 11 is 0. The highest BCUT2D eigenvalue weighted by molar-refractivity contribution is 5.93. The van der Waals surface area contributed by atoms with Crippen LogP contribution in [0.25, 0.3) is 0 Å². The van der Waals surface area contributed by atoms with Gasteiger partial charge in [0.2, 0.25) is 11.8 Å². The highest BCUT2D eigenvalue weighted by atomic mass is 16.3. The van der Waals surface area contributed by atoms with E-state index in [9.17, 15) is 9.59 Å². The molecule has 0 aliphatic rings. The number of nitrogens with one attached hydrogen (secondary N) is 2. The van der Waals surface area contributed by atoms with Crippen LogP contribution >= 0.6 is 0 Å². The molecule has 1 unspecified atom stereocenters. The number of amides is 2. The van der Waals surface area contributed by atoms with E-state index in [1.165, 1.54) is 0 Å². The normalized spacial score (nSPS) is 12.1. The molecular formula is C15H22N2O3. The Morgan fingerprint density at radius 2 is 1.55 bits per heavy atom. The van der Waals surface area contributed by atoms with Crippen molar-refractivity contribution in [2.45, 2.75) is 39.7 Å². The minimum Gasteiger partial charge on any atom is -0.393 e. The summed E-state index contributed by atoms with van der Waals surface area (Å²) in [6.45, 7) is 5.30. The van der Waals surface area contributed by atoms with Crippen LogP contribution in [0.5, 0.6) is 0 Å². The van der Waals surface area contributed by atoms with Gasteiger partial charge in [0.15, 0.2) is 0 Å². The third kappa shape index (κ3) is 5.84. The molecule has 0 radical (unpaired) electrons. The zero-order chi connectivity index (χ0) is 15.1. The largest absolute Gasteiger partial charge is 0.393 e. The Bertz CT molecular complexity index is 453. The molecule has 1 aromatic carbocycles. The fraction of sp³-hybridized carbons (Fsp3) is 0.467.